The number of ether oxygens (including phenoxy) is 1. The Kier molecular flexibility index (Phi) is 1.17. The van der Waals surface area contributed by atoms with Gasteiger partial charge in [-0.25, -0.2) is 0 Å². The quantitative estimate of drug-likeness (QED) is 0.534. The van der Waals surface area contributed by atoms with Crippen LogP contribution in [0.25, 0.3) is 0 Å². The third-order valence-corrected chi connectivity index (χ3v) is 5.09. The zero-order valence-electron chi connectivity index (χ0n) is 8.30. The van der Waals surface area contributed by atoms with Gasteiger partial charge >= 0.3 is 5.97 Å². The first-order chi connectivity index (χ1) is 6.06. The van der Waals surface area contributed by atoms with E-state index in [-0.39, 0.29) is 17.5 Å². The summed E-state index contributed by atoms with van der Waals surface area (Å²) < 4.78 is 5.41. The normalized spacial score (nSPS) is 50.8. The Morgan fingerprint density at radius 2 is 2.23 bits per heavy atom. The topological polar surface area (TPSA) is 26.3 Å². The Morgan fingerprint density at radius 3 is 2.85 bits per heavy atom. The molecule has 3 aliphatic rings. The van der Waals surface area contributed by atoms with Crippen molar-refractivity contribution in [2.45, 2.75) is 45.6 Å². The summed E-state index contributed by atoms with van der Waals surface area (Å²) >= 11 is 0. The molecule has 2 heteroatoms. The molecule has 1 aliphatic heterocycles. The summed E-state index contributed by atoms with van der Waals surface area (Å²) in [4.78, 5) is 11.3. The second-order valence-electron chi connectivity index (χ2n) is 5.50. The number of hydrogen-bond donors (Lipinski definition) is 0. The number of carbonyl (C=O) groups excluding carboxylic acids is 1. The lowest BCUT2D eigenvalue weighted by molar-refractivity contribution is -0.142. The molecule has 1 unspecified atom stereocenters. The molecule has 0 aromatic heterocycles. The first-order valence-corrected chi connectivity index (χ1v) is 5.26. The molecule has 3 fully saturated rings. The molecule has 2 aliphatic carbocycles. The molecule has 1 heterocycles. The Hall–Kier alpha value is -0.530. The third kappa shape index (κ3) is 0.660. The largest absolute Gasteiger partial charge is 0.462 e. The molecule has 13 heavy (non-hydrogen) atoms. The lowest BCUT2D eigenvalue weighted by Crippen LogP contribution is -2.34. The van der Waals surface area contributed by atoms with Crippen LogP contribution in [0, 0.1) is 16.7 Å². The van der Waals surface area contributed by atoms with Crippen molar-refractivity contribution in [2.24, 2.45) is 16.7 Å². The summed E-state index contributed by atoms with van der Waals surface area (Å²) in [6.07, 6.45) is 4.58. The van der Waals surface area contributed by atoms with E-state index in [1.54, 1.807) is 0 Å². The fourth-order valence-corrected chi connectivity index (χ4v) is 4.04. The molecule has 0 radical (unpaired) electrons. The molecule has 3 atom stereocenters. The second-order valence-corrected chi connectivity index (χ2v) is 5.50. The molecule has 2 nitrogen and oxygen atoms in total. The Labute approximate surface area is 78.6 Å². The van der Waals surface area contributed by atoms with Gasteiger partial charge in [-0.3, -0.25) is 4.79 Å². The highest BCUT2D eigenvalue weighted by atomic mass is 16.6. The lowest BCUT2D eigenvalue weighted by Gasteiger charge is -2.35. The van der Waals surface area contributed by atoms with Gasteiger partial charge in [-0.2, -0.15) is 0 Å². The van der Waals surface area contributed by atoms with Gasteiger partial charge in [-0.1, -0.05) is 13.8 Å². The zero-order chi connectivity index (χ0) is 9.27. The molecule has 3 rings (SSSR count). The predicted molar refractivity (Wildman–Crippen MR) is 48.1 cm³/mol. The molecule has 72 valence electrons. The van der Waals surface area contributed by atoms with Crippen LogP contribution in [-0.2, 0) is 9.53 Å². The van der Waals surface area contributed by atoms with Crippen LogP contribution >= 0.6 is 0 Å². The number of carbonyl (C=O) groups is 1. The van der Waals surface area contributed by atoms with Crippen LogP contribution in [0.1, 0.15) is 39.5 Å². The minimum absolute atomic E-state index is 0.0402. The Balaban J connectivity index is 2.09. The summed E-state index contributed by atoms with van der Waals surface area (Å²) in [5, 5.41) is 0. The van der Waals surface area contributed by atoms with Crippen molar-refractivity contribution in [3.8, 4) is 0 Å². The van der Waals surface area contributed by atoms with E-state index in [4.69, 9.17) is 4.74 Å². The Morgan fingerprint density at radius 1 is 1.46 bits per heavy atom. The second kappa shape index (κ2) is 1.94. The number of fused-ring (bicyclic) bond motifs is 1. The van der Waals surface area contributed by atoms with Crippen molar-refractivity contribution in [2.75, 3.05) is 0 Å². The maximum atomic E-state index is 11.3. The van der Waals surface area contributed by atoms with Gasteiger partial charge in [0.15, 0.2) is 0 Å². The smallest absolute Gasteiger partial charge is 0.306 e. The maximum absolute atomic E-state index is 11.3. The average Bonchev–Trinajstić information content (AvgIpc) is 2.55. The summed E-state index contributed by atoms with van der Waals surface area (Å²) in [5.74, 6) is 0.837. The molecule has 0 aromatic carbocycles. The van der Waals surface area contributed by atoms with Gasteiger partial charge in [-0.05, 0) is 30.6 Å². The highest BCUT2D eigenvalue weighted by molar-refractivity contribution is 5.74. The molecule has 0 aromatic rings. The van der Waals surface area contributed by atoms with Gasteiger partial charge in [-0.15, -0.1) is 0 Å². The van der Waals surface area contributed by atoms with Gasteiger partial charge in [0.05, 0.1) is 6.42 Å². The van der Waals surface area contributed by atoms with E-state index in [0.717, 1.165) is 12.3 Å². The standard InChI is InChI=1S/C11H16O2/c1-10(2)7-3-4-11(10)6-9(12)13-8(11)5-7/h7-8H,3-6H2,1-2H3/t7?,8-,11+/m1/s1. The van der Waals surface area contributed by atoms with Gasteiger partial charge in [0.25, 0.3) is 0 Å². The number of rotatable bonds is 0. The molecule has 0 amide bonds. The summed E-state index contributed by atoms with van der Waals surface area (Å²) in [5.41, 5.74) is 0.554. The molecule has 1 saturated heterocycles. The first-order valence-electron chi connectivity index (χ1n) is 5.26. The number of hydrogen-bond acceptors (Lipinski definition) is 2. The van der Waals surface area contributed by atoms with Crippen molar-refractivity contribution < 1.29 is 9.53 Å². The SMILES string of the molecule is CC1(C)C2CC[C@@]13CC(=O)O[C@@H]3C2. The monoisotopic (exact) mass is 180 g/mol. The van der Waals surface area contributed by atoms with Crippen LogP contribution in [0.5, 0.6) is 0 Å². The Bertz CT molecular complexity index is 282. The van der Waals surface area contributed by atoms with E-state index >= 15 is 0 Å². The van der Waals surface area contributed by atoms with Crippen molar-refractivity contribution in [3.05, 3.63) is 0 Å². The molecular weight excluding hydrogens is 164 g/mol. The molecule has 1 spiro atoms. The van der Waals surface area contributed by atoms with Crippen LogP contribution in [0.15, 0.2) is 0 Å². The minimum atomic E-state index is 0.0402. The summed E-state index contributed by atoms with van der Waals surface area (Å²) in [6.45, 7) is 4.65. The van der Waals surface area contributed by atoms with Crippen molar-refractivity contribution in [1.29, 1.82) is 0 Å². The first kappa shape index (κ1) is 7.84. The average molecular weight is 180 g/mol. The van der Waals surface area contributed by atoms with Crippen LogP contribution in [0.2, 0.25) is 0 Å². The molecular formula is C11H16O2. The highest BCUT2D eigenvalue weighted by Crippen LogP contribution is 2.70. The predicted octanol–water partition coefficient (Wildman–Crippen LogP) is 2.13. The van der Waals surface area contributed by atoms with E-state index < -0.39 is 0 Å². The van der Waals surface area contributed by atoms with Gasteiger partial charge in [0.1, 0.15) is 6.10 Å². The highest BCUT2D eigenvalue weighted by Gasteiger charge is 2.68. The van der Waals surface area contributed by atoms with Gasteiger partial charge in [0.2, 0.25) is 0 Å². The zero-order valence-corrected chi connectivity index (χ0v) is 8.30. The number of esters is 1. The summed E-state index contributed by atoms with van der Waals surface area (Å²) in [7, 11) is 0. The summed E-state index contributed by atoms with van der Waals surface area (Å²) in [6, 6.07) is 0. The fourth-order valence-electron chi connectivity index (χ4n) is 4.04. The molecule has 0 N–H and O–H groups in total. The fraction of sp³-hybridized carbons (Fsp3) is 0.909. The van der Waals surface area contributed by atoms with Gasteiger partial charge in [0, 0.05) is 5.41 Å². The lowest BCUT2D eigenvalue weighted by atomic mass is 9.67. The van der Waals surface area contributed by atoms with Crippen LogP contribution < -0.4 is 0 Å². The molecule has 2 bridgehead atoms. The minimum Gasteiger partial charge on any atom is -0.462 e. The van der Waals surface area contributed by atoms with Crippen LogP contribution in [0.3, 0.4) is 0 Å². The maximum Gasteiger partial charge on any atom is 0.306 e. The van der Waals surface area contributed by atoms with Crippen LogP contribution in [0.4, 0.5) is 0 Å². The van der Waals surface area contributed by atoms with E-state index in [0.29, 0.717) is 11.8 Å². The van der Waals surface area contributed by atoms with E-state index in [1.165, 1.54) is 12.8 Å². The third-order valence-electron chi connectivity index (χ3n) is 5.09. The van der Waals surface area contributed by atoms with E-state index in [2.05, 4.69) is 13.8 Å². The van der Waals surface area contributed by atoms with Crippen molar-refractivity contribution >= 4 is 5.97 Å². The van der Waals surface area contributed by atoms with Gasteiger partial charge < -0.3 is 4.74 Å². The van der Waals surface area contributed by atoms with E-state index in [9.17, 15) is 4.79 Å². The van der Waals surface area contributed by atoms with Crippen molar-refractivity contribution in [3.63, 3.8) is 0 Å². The molecule has 2 saturated carbocycles. The van der Waals surface area contributed by atoms with E-state index in [1.807, 2.05) is 0 Å². The van der Waals surface area contributed by atoms with Crippen LogP contribution in [-0.4, -0.2) is 12.1 Å². The van der Waals surface area contributed by atoms with Crippen molar-refractivity contribution in [1.82, 2.24) is 0 Å².